The van der Waals surface area contributed by atoms with Crippen LogP contribution in [0.3, 0.4) is 0 Å². The van der Waals surface area contributed by atoms with Crippen LogP contribution in [0.5, 0.6) is 5.75 Å². The molecule has 0 aliphatic heterocycles. The SMILES string of the molecule is COC(=O)c1ccc(=O)n(-c2ccc(O)cc2)c1. The molecule has 1 N–H and O–H groups in total. The van der Waals surface area contributed by atoms with Crippen molar-refractivity contribution < 1.29 is 14.6 Å². The van der Waals surface area contributed by atoms with Crippen LogP contribution in [0.4, 0.5) is 0 Å². The van der Waals surface area contributed by atoms with Gasteiger partial charge >= 0.3 is 5.97 Å². The number of nitrogens with zero attached hydrogens (tertiary/aromatic N) is 1. The van der Waals surface area contributed by atoms with Crippen LogP contribution in [0.1, 0.15) is 10.4 Å². The van der Waals surface area contributed by atoms with Crippen LogP contribution in [-0.2, 0) is 4.74 Å². The Morgan fingerprint density at radius 1 is 1.17 bits per heavy atom. The van der Waals surface area contributed by atoms with E-state index in [0.29, 0.717) is 5.69 Å². The second-order valence-electron chi connectivity index (χ2n) is 3.63. The van der Waals surface area contributed by atoms with Crippen molar-refractivity contribution in [2.45, 2.75) is 0 Å². The summed E-state index contributed by atoms with van der Waals surface area (Å²) in [6.07, 6.45) is 1.40. The van der Waals surface area contributed by atoms with Crippen LogP contribution in [0, 0.1) is 0 Å². The quantitative estimate of drug-likeness (QED) is 0.810. The minimum absolute atomic E-state index is 0.107. The second kappa shape index (κ2) is 4.75. The number of hydrogen-bond donors (Lipinski definition) is 1. The lowest BCUT2D eigenvalue weighted by Crippen LogP contribution is -2.18. The molecule has 0 atom stereocenters. The first kappa shape index (κ1) is 11.9. The molecule has 1 aromatic carbocycles. The van der Waals surface area contributed by atoms with Gasteiger partial charge < -0.3 is 9.84 Å². The molecule has 2 aromatic rings. The lowest BCUT2D eigenvalue weighted by Gasteiger charge is -2.07. The van der Waals surface area contributed by atoms with Gasteiger partial charge in [0.15, 0.2) is 0 Å². The minimum atomic E-state index is -0.512. The molecule has 5 heteroatoms. The molecule has 0 amide bonds. The summed E-state index contributed by atoms with van der Waals surface area (Å²) in [6.45, 7) is 0. The molecule has 0 saturated heterocycles. The molecular formula is C13H11NO4. The van der Waals surface area contributed by atoms with Crippen molar-refractivity contribution in [3.63, 3.8) is 0 Å². The fourth-order valence-corrected chi connectivity index (χ4v) is 1.54. The molecule has 5 nitrogen and oxygen atoms in total. The molecule has 0 unspecified atom stereocenters. The van der Waals surface area contributed by atoms with Crippen molar-refractivity contribution in [3.05, 3.63) is 58.5 Å². The number of ether oxygens (including phenoxy) is 1. The number of phenolic OH excluding ortho intramolecular Hbond substituents is 1. The number of benzene rings is 1. The Hall–Kier alpha value is -2.56. The van der Waals surface area contributed by atoms with E-state index >= 15 is 0 Å². The smallest absolute Gasteiger partial charge is 0.339 e. The van der Waals surface area contributed by atoms with E-state index < -0.39 is 5.97 Å². The van der Waals surface area contributed by atoms with E-state index in [0.717, 1.165) is 0 Å². The van der Waals surface area contributed by atoms with Gasteiger partial charge in [0.2, 0.25) is 0 Å². The Kier molecular flexibility index (Phi) is 3.14. The number of rotatable bonds is 2. The van der Waals surface area contributed by atoms with E-state index in [2.05, 4.69) is 4.74 Å². The van der Waals surface area contributed by atoms with E-state index in [-0.39, 0.29) is 16.9 Å². The van der Waals surface area contributed by atoms with Gasteiger partial charge in [0.1, 0.15) is 5.75 Å². The third kappa shape index (κ3) is 2.24. The van der Waals surface area contributed by atoms with Crippen LogP contribution < -0.4 is 5.56 Å². The first-order chi connectivity index (χ1) is 8.61. The molecule has 1 aromatic heterocycles. The number of esters is 1. The van der Waals surface area contributed by atoms with Crippen molar-refractivity contribution in [2.75, 3.05) is 7.11 Å². The molecule has 0 spiro atoms. The zero-order valence-electron chi connectivity index (χ0n) is 9.66. The highest BCUT2D eigenvalue weighted by Gasteiger charge is 2.08. The van der Waals surface area contributed by atoms with Gasteiger partial charge in [0.25, 0.3) is 5.56 Å². The molecule has 0 radical (unpaired) electrons. The average molecular weight is 245 g/mol. The minimum Gasteiger partial charge on any atom is -0.508 e. The van der Waals surface area contributed by atoms with Crippen LogP contribution in [-0.4, -0.2) is 22.8 Å². The fraction of sp³-hybridized carbons (Fsp3) is 0.0769. The number of carbonyl (C=O) groups excluding carboxylic acids is 1. The standard InChI is InChI=1S/C13H11NO4/c1-18-13(17)9-2-7-12(16)14(8-9)10-3-5-11(15)6-4-10/h2-8,15H,1H3. The zero-order valence-corrected chi connectivity index (χ0v) is 9.66. The first-order valence-corrected chi connectivity index (χ1v) is 5.22. The molecule has 92 valence electrons. The highest BCUT2D eigenvalue weighted by atomic mass is 16.5. The average Bonchev–Trinajstić information content (AvgIpc) is 2.39. The predicted molar refractivity (Wildman–Crippen MR) is 65.0 cm³/mol. The van der Waals surface area contributed by atoms with Gasteiger partial charge in [-0.2, -0.15) is 0 Å². The number of hydrogen-bond acceptors (Lipinski definition) is 4. The Bertz CT molecular complexity index is 628. The van der Waals surface area contributed by atoms with E-state index in [4.69, 9.17) is 0 Å². The summed E-state index contributed by atoms with van der Waals surface area (Å²) >= 11 is 0. The van der Waals surface area contributed by atoms with Crippen LogP contribution >= 0.6 is 0 Å². The summed E-state index contributed by atoms with van der Waals surface area (Å²) in [5.41, 5.74) is 0.571. The van der Waals surface area contributed by atoms with Crippen LogP contribution in [0.15, 0.2) is 47.4 Å². The summed E-state index contributed by atoms with van der Waals surface area (Å²) in [7, 11) is 1.28. The van der Waals surface area contributed by atoms with E-state index in [1.54, 1.807) is 12.1 Å². The van der Waals surface area contributed by atoms with Crippen LogP contribution in [0.2, 0.25) is 0 Å². The molecule has 0 aliphatic carbocycles. The van der Waals surface area contributed by atoms with E-state index in [1.165, 1.54) is 42.1 Å². The Morgan fingerprint density at radius 2 is 1.83 bits per heavy atom. The third-order valence-electron chi connectivity index (χ3n) is 2.46. The molecule has 1 heterocycles. The van der Waals surface area contributed by atoms with Gasteiger partial charge in [0, 0.05) is 18.0 Å². The van der Waals surface area contributed by atoms with E-state index in [1.807, 2.05) is 0 Å². The molecule has 0 bridgehead atoms. The van der Waals surface area contributed by atoms with Crippen molar-refractivity contribution in [3.8, 4) is 11.4 Å². The molecule has 2 rings (SSSR count). The maximum atomic E-state index is 11.7. The van der Waals surface area contributed by atoms with Crippen molar-refractivity contribution in [1.29, 1.82) is 0 Å². The zero-order chi connectivity index (χ0) is 13.1. The number of phenols is 1. The summed E-state index contributed by atoms with van der Waals surface area (Å²) < 4.78 is 5.90. The van der Waals surface area contributed by atoms with Gasteiger partial charge in [-0.3, -0.25) is 9.36 Å². The second-order valence-corrected chi connectivity index (χ2v) is 3.63. The maximum absolute atomic E-state index is 11.7. The van der Waals surface area contributed by atoms with Gasteiger partial charge in [-0.15, -0.1) is 0 Å². The number of aromatic nitrogens is 1. The van der Waals surface area contributed by atoms with Crippen molar-refractivity contribution in [1.82, 2.24) is 4.57 Å². The topological polar surface area (TPSA) is 68.5 Å². The number of methoxy groups -OCH3 is 1. The lowest BCUT2D eigenvalue weighted by atomic mass is 10.2. The molecular weight excluding hydrogens is 234 g/mol. The Labute approximate surface area is 103 Å². The van der Waals surface area contributed by atoms with Gasteiger partial charge in [-0.05, 0) is 30.3 Å². The predicted octanol–water partition coefficient (Wildman–Crippen LogP) is 1.33. The summed E-state index contributed by atoms with van der Waals surface area (Å²) in [4.78, 5) is 23.1. The largest absolute Gasteiger partial charge is 0.508 e. The maximum Gasteiger partial charge on any atom is 0.339 e. The van der Waals surface area contributed by atoms with Gasteiger partial charge in [0.05, 0.1) is 12.7 Å². The Balaban J connectivity index is 2.53. The highest BCUT2D eigenvalue weighted by Crippen LogP contribution is 2.12. The summed E-state index contributed by atoms with van der Waals surface area (Å²) in [5, 5.41) is 9.19. The fourth-order valence-electron chi connectivity index (χ4n) is 1.54. The number of carbonyl (C=O) groups is 1. The van der Waals surface area contributed by atoms with Gasteiger partial charge in [-0.25, -0.2) is 4.79 Å². The summed E-state index contributed by atoms with van der Waals surface area (Å²) in [6, 6.07) is 8.79. The lowest BCUT2D eigenvalue weighted by molar-refractivity contribution is 0.0600. The molecule has 0 aliphatic rings. The first-order valence-electron chi connectivity index (χ1n) is 5.22. The monoisotopic (exact) mass is 245 g/mol. The van der Waals surface area contributed by atoms with Crippen LogP contribution in [0.25, 0.3) is 5.69 Å². The number of aromatic hydroxyl groups is 1. The summed E-state index contributed by atoms with van der Waals surface area (Å²) in [5.74, 6) is -0.404. The highest BCUT2D eigenvalue weighted by molar-refractivity contribution is 5.88. The Morgan fingerprint density at radius 3 is 2.44 bits per heavy atom. The normalized spacial score (nSPS) is 10.1. The molecule has 0 fully saturated rings. The molecule has 18 heavy (non-hydrogen) atoms. The van der Waals surface area contributed by atoms with Crippen molar-refractivity contribution in [2.24, 2.45) is 0 Å². The van der Waals surface area contributed by atoms with Gasteiger partial charge in [-0.1, -0.05) is 0 Å². The van der Waals surface area contributed by atoms with E-state index in [9.17, 15) is 14.7 Å². The van der Waals surface area contributed by atoms with Crippen molar-refractivity contribution >= 4 is 5.97 Å². The third-order valence-corrected chi connectivity index (χ3v) is 2.46. The molecule has 0 saturated carbocycles. The number of pyridine rings is 1.